The Morgan fingerprint density at radius 3 is 2.39 bits per heavy atom. The van der Waals surface area contributed by atoms with Crippen molar-refractivity contribution in [2.24, 2.45) is 0 Å². The topological polar surface area (TPSA) is 66.8 Å². The van der Waals surface area contributed by atoms with Crippen molar-refractivity contribution in [2.75, 3.05) is 12.0 Å². The van der Waals surface area contributed by atoms with Gasteiger partial charge in [-0.2, -0.15) is 0 Å². The second kappa shape index (κ2) is 8.46. The molecule has 1 saturated heterocycles. The molecule has 31 heavy (non-hydrogen) atoms. The fraction of sp³-hybridized carbons (Fsp3) is 0.0833. The third kappa shape index (κ3) is 3.78. The Morgan fingerprint density at radius 1 is 0.968 bits per heavy atom. The summed E-state index contributed by atoms with van der Waals surface area (Å²) in [4.78, 5) is 27.5. The van der Waals surface area contributed by atoms with Crippen molar-refractivity contribution in [1.82, 2.24) is 0 Å². The predicted octanol–water partition coefficient (Wildman–Crippen LogP) is 5.63. The lowest BCUT2D eigenvalue weighted by molar-refractivity contribution is -0.132. The first-order valence-electron chi connectivity index (χ1n) is 9.38. The molecule has 3 aromatic carbocycles. The smallest absolute Gasteiger partial charge is 0.300 e. The maximum atomic E-state index is 13.1. The summed E-state index contributed by atoms with van der Waals surface area (Å²) in [6.07, 6.45) is 0. The van der Waals surface area contributed by atoms with Crippen molar-refractivity contribution in [2.45, 2.75) is 6.04 Å². The van der Waals surface area contributed by atoms with Crippen LogP contribution in [0, 0.1) is 0 Å². The first-order chi connectivity index (χ1) is 14.9. The molecule has 0 aliphatic carbocycles. The maximum absolute atomic E-state index is 13.1. The van der Waals surface area contributed by atoms with Gasteiger partial charge < -0.3 is 9.84 Å². The summed E-state index contributed by atoms with van der Waals surface area (Å²) < 4.78 is 5.22. The number of aliphatic hydroxyl groups is 1. The average Bonchev–Trinajstić information content (AvgIpc) is 3.05. The minimum atomic E-state index is -0.859. The average molecular weight is 454 g/mol. The number of carbonyl (C=O) groups is 2. The highest BCUT2D eigenvalue weighted by atomic mass is 35.5. The number of carbonyl (C=O) groups excluding carboxylic acids is 2. The molecule has 156 valence electrons. The van der Waals surface area contributed by atoms with Gasteiger partial charge >= 0.3 is 0 Å². The number of hydrogen-bond acceptors (Lipinski definition) is 4. The van der Waals surface area contributed by atoms with Gasteiger partial charge in [-0.25, -0.2) is 0 Å². The van der Waals surface area contributed by atoms with E-state index in [2.05, 4.69) is 0 Å². The monoisotopic (exact) mass is 453 g/mol. The number of nitrogens with zero attached hydrogens (tertiary/aromatic N) is 1. The van der Waals surface area contributed by atoms with Gasteiger partial charge in [0.05, 0.1) is 23.7 Å². The Kier molecular flexibility index (Phi) is 5.72. The molecule has 4 rings (SSSR count). The Bertz CT molecular complexity index is 1210. The molecule has 1 unspecified atom stereocenters. The molecule has 1 atom stereocenters. The van der Waals surface area contributed by atoms with Crippen LogP contribution in [0.25, 0.3) is 5.76 Å². The molecule has 1 amide bonds. The van der Waals surface area contributed by atoms with E-state index in [9.17, 15) is 14.7 Å². The lowest BCUT2D eigenvalue weighted by atomic mass is 9.95. The molecular weight excluding hydrogens is 437 g/mol. The number of rotatable bonds is 4. The van der Waals surface area contributed by atoms with Gasteiger partial charge in [-0.15, -0.1) is 0 Å². The molecule has 0 bridgehead atoms. The number of methoxy groups -OCH3 is 1. The van der Waals surface area contributed by atoms with Crippen LogP contribution in [0.1, 0.15) is 17.2 Å². The molecule has 5 nitrogen and oxygen atoms in total. The molecule has 1 N–H and O–H groups in total. The molecule has 3 aromatic rings. The lowest BCUT2D eigenvalue weighted by Gasteiger charge is -2.25. The van der Waals surface area contributed by atoms with Crippen LogP contribution in [-0.4, -0.2) is 23.9 Å². The van der Waals surface area contributed by atoms with E-state index in [0.717, 1.165) is 0 Å². The van der Waals surface area contributed by atoms with Crippen LogP contribution in [0.3, 0.4) is 0 Å². The highest BCUT2D eigenvalue weighted by Gasteiger charge is 2.47. The highest BCUT2D eigenvalue weighted by molar-refractivity contribution is 6.52. The number of benzene rings is 3. The van der Waals surface area contributed by atoms with Crippen molar-refractivity contribution in [3.63, 3.8) is 0 Å². The summed E-state index contributed by atoms with van der Waals surface area (Å²) in [6.45, 7) is 0. The minimum absolute atomic E-state index is 0.0636. The summed E-state index contributed by atoms with van der Waals surface area (Å²) in [5.74, 6) is -1.51. The number of anilines is 1. The van der Waals surface area contributed by atoms with Crippen molar-refractivity contribution in [3.05, 3.63) is 99.5 Å². The quantitative estimate of drug-likeness (QED) is 0.315. The number of Topliss-reactive ketones (excluding diaryl/α,β-unsaturated/α-hetero) is 1. The van der Waals surface area contributed by atoms with E-state index in [4.69, 9.17) is 27.9 Å². The van der Waals surface area contributed by atoms with Crippen LogP contribution in [-0.2, 0) is 9.59 Å². The van der Waals surface area contributed by atoms with Crippen LogP contribution >= 0.6 is 23.2 Å². The second-order valence-electron chi connectivity index (χ2n) is 6.91. The number of hydrogen-bond donors (Lipinski definition) is 1. The summed E-state index contributed by atoms with van der Waals surface area (Å²) in [7, 11) is 1.48. The van der Waals surface area contributed by atoms with Crippen LogP contribution in [0.15, 0.2) is 78.4 Å². The van der Waals surface area contributed by atoms with Crippen molar-refractivity contribution >= 4 is 46.3 Å². The third-order valence-electron chi connectivity index (χ3n) is 5.07. The van der Waals surface area contributed by atoms with E-state index < -0.39 is 17.7 Å². The van der Waals surface area contributed by atoms with Crippen molar-refractivity contribution in [1.29, 1.82) is 0 Å². The fourth-order valence-electron chi connectivity index (χ4n) is 3.63. The zero-order chi connectivity index (χ0) is 22.1. The summed E-state index contributed by atoms with van der Waals surface area (Å²) in [6, 6.07) is 19.5. The molecule has 0 saturated carbocycles. The summed E-state index contributed by atoms with van der Waals surface area (Å²) in [5, 5.41) is 11.8. The van der Waals surface area contributed by atoms with Crippen molar-refractivity contribution < 1.29 is 19.4 Å². The Morgan fingerprint density at radius 2 is 1.71 bits per heavy atom. The lowest BCUT2D eigenvalue weighted by Crippen LogP contribution is -2.29. The molecule has 0 radical (unpaired) electrons. The number of amides is 1. The van der Waals surface area contributed by atoms with E-state index >= 15 is 0 Å². The summed E-state index contributed by atoms with van der Waals surface area (Å²) in [5.41, 5.74) is 1.24. The van der Waals surface area contributed by atoms with Crippen LogP contribution in [0.4, 0.5) is 5.69 Å². The van der Waals surface area contributed by atoms with E-state index in [0.29, 0.717) is 22.0 Å². The van der Waals surface area contributed by atoms with Crippen LogP contribution in [0.5, 0.6) is 5.75 Å². The molecule has 1 aliphatic heterocycles. The molecule has 0 aromatic heterocycles. The van der Waals surface area contributed by atoms with Crippen molar-refractivity contribution in [3.8, 4) is 5.75 Å². The Balaban J connectivity index is 1.97. The molecule has 1 aliphatic rings. The van der Waals surface area contributed by atoms with E-state index in [1.54, 1.807) is 60.7 Å². The third-order valence-corrected chi connectivity index (χ3v) is 5.64. The highest BCUT2D eigenvalue weighted by Crippen LogP contribution is 2.43. The van der Waals surface area contributed by atoms with Gasteiger partial charge in [0.1, 0.15) is 11.5 Å². The van der Waals surface area contributed by atoms with Gasteiger partial charge in [0, 0.05) is 16.3 Å². The number of ether oxygens (including phenoxy) is 1. The first kappa shape index (κ1) is 21.0. The Hall–Kier alpha value is -3.28. The molecule has 1 heterocycles. The van der Waals surface area contributed by atoms with Gasteiger partial charge in [-0.05, 0) is 42.0 Å². The molecule has 1 fully saturated rings. The number of halogens is 2. The number of aliphatic hydroxyl groups excluding tert-OH is 1. The first-order valence-corrected chi connectivity index (χ1v) is 10.1. The molecule has 0 spiro atoms. The molecular formula is C24H17Cl2NO4. The van der Waals surface area contributed by atoms with Crippen LogP contribution in [0.2, 0.25) is 10.0 Å². The van der Waals surface area contributed by atoms with Gasteiger partial charge in [0.2, 0.25) is 0 Å². The summed E-state index contributed by atoms with van der Waals surface area (Å²) >= 11 is 12.4. The minimum Gasteiger partial charge on any atom is -0.507 e. The van der Waals surface area contributed by atoms with Gasteiger partial charge in [0.25, 0.3) is 11.7 Å². The largest absolute Gasteiger partial charge is 0.507 e. The standard InChI is InChI=1S/C24H17Cl2NO4/c1-31-17-10-11-19(26)18(13-17)22(28)20-21(14-6-3-2-4-7-14)27(24(30)23(20)29)16-9-5-8-15(25)12-16/h2-13,21,28H,1H3/b22-20+. The second-order valence-corrected chi connectivity index (χ2v) is 7.75. The van der Waals surface area contributed by atoms with E-state index in [-0.39, 0.29) is 21.9 Å². The van der Waals surface area contributed by atoms with Gasteiger partial charge in [-0.3, -0.25) is 14.5 Å². The Labute approximate surface area is 189 Å². The fourth-order valence-corrected chi connectivity index (χ4v) is 4.03. The zero-order valence-electron chi connectivity index (χ0n) is 16.4. The van der Waals surface area contributed by atoms with E-state index in [1.165, 1.54) is 18.1 Å². The SMILES string of the molecule is COc1ccc(Cl)c(/C(O)=C2\C(=O)C(=O)N(c3cccc(Cl)c3)C2c2ccccc2)c1. The maximum Gasteiger partial charge on any atom is 0.300 e. The van der Waals surface area contributed by atoms with Crippen LogP contribution < -0.4 is 9.64 Å². The van der Waals surface area contributed by atoms with Gasteiger partial charge in [0.15, 0.2) is 0 Å². The zero-order valence-corrected chi connectivity index (χ0v) is 17.9. The number of ketones is 1. The van der Waals surface area contributed by atoms with E-state index in [1.807, 2.05) is 6.07 Å². The molecule has 7 heteroatoms. The van der Waals surface area contributed by atoms with Gasteiger partial charge in [-0.1, -0.05) is 59.6 Å². The predicted molar refractivity (Wildman–Crippen MR) is 121 cm³/mol. The normalized spacial score (nSPS) is 17.8.